The molecule has 0 fully saturated rings. The molecule has 3 aromatic rings. The number of hydrogen-bond acceptors (Lipinski definition) is 6. The number of rotatable bonds is 4. The van der Waals surface area contributed by atoms with Crippen molar-refractivity contribution < 1.29 is 21.9 Å². The van der Waals surface area contributed by atoms with Crippen LogP contribution < -0.4 is 20.2 Å². The molecule has 0 radical (unpaired) electrons. The number of aromatic nitrogens is 3. The van der Waals surface area contributed by atoms with Crippen molar-refractivity contribution in [2.75, 3.05) is 18.4 Å². The molecule has 4 rings (SSSR count). The Bertz CT molecular complexity index is 1440. The van der Waals surface area contributed by atoms with Crippen molar-refractivity contribution >= 4 is 21.9 Å². The predicted octanol–water partition coefficient (Wildman–Crippen LogP) is 0.974. The molecule has 11 heteroatoms. The van der Waals surface area contributed by atoms with Gasteiger partial charge in [0.25, 0.3) is 10.0 Å². The number of pyridine rings is 1. The maximum atomic E-state index is 14.8. The van der Waals surface area contributed by atoms with Gasteiger partial charge in [0.2, 0.25) is 0 Å². The topological polar surface area (TPSA) is 109 Å². The van der Waals surface area contributed by atoms with E-state index in [1.165, 1.54) is 31.5 Å². The van der Waals surface area contributed by atoms with E-state index >= 15 is 0 Å². The monoisotopic (exact) mass is 443 g/mol. The highest BCUT2D eigenvalue weighted by Gasteiger charge is 2.24. The lowest BCUT2D eigenvalue weighted by molar-refractivity contribution is 0.380. The second kappa shape index (κ2) is 8.16. The summed E-state index contributed by atoms with van der Waals surface area (Å²) in [6.45, 7) is 0.378. The minimum absolute atomic E-state index is 0.0646. The number of nitrogens with one attached hydrogen (secondary N) is 2. The van der Waals surface area contributed by atoms with Crippen molar-refractivity contribution in [3.8, 4) is 17.6 Å². The third-order valence-corrected chi connectivity index (χ3v) is 5.78. The first-order valence-corrected chi connectivity index (χ1v) is 10.4. The van der Waals surface area contributed by atoms with Gasteiger partial charge in [-0.05, 0) is 18.2 Å². The number of aromatic amines is 1. The Morgan fingerprint density at radius 3 is 2.90 bits per heavy atom. The van der Waals surface area contributed by atoms with Crippen LogP contribution in [0.2, 0.25) is 0 Å². The van der Waals surface area contributed by atoms with E-state index in [1.54, 1.807) is 6.20 Å². The highest BCUT2D eigenvalue weighted by Crippen LogP contribution is 2.26. The molecule has 0 amide bonds. The van der Waals surface area contributed by atoms with Gasteiger partial charge >= 0.3 is 0 Å². The summed E-state index contributed by atoms with van der Waals surface area (Å²) in [6.07, 6.45) is 4.67. The summed E-state index contributed by atoms with van der Waals surface area (Å²) in [5.41, 5.74) is 0.597. The molecule has 2 aromatic heterocycles. The number of fused-ring (bicyclic) bond motifs is 1. The number of ether oxygens (including phenoxy) is 1. The number of nitrogens with zero attached hydrogens (tertiary/aromatic N) is 3. The van der Waals surface area contributed by atoms with Gasteiger partial charge in [-0.3, -0.25) is 14.8 Å². The largest absolute Gasteiger partial charge is 0.494 e. The Hall–Kier alpha value is -3.78. The molecule has 1 aromatic carbocycles. The van der Waals surface area contributed by atoms with Crippen molar-refractivity contribution in [1.29, 1.82) is 0 Å². The summed E-state index contributed by atoms with van der Waals surface area (Å²) in [5.74, 6) is 2.40. The molecular formula is C20H15F2N5O3S. The SMILES string of the molecule is COc1cccc(S(=O)(=O)Nc2nccc(C#CC3C=c4cn[nH]c4=NC3)c2F)c1F. The van der Waals surface area contributed by atoms with Crippen LogP contribution in [0, 0.1) is 29.4 Å². The van der Waals surface area contributed by atoms with Gasteiger partial charge in [0.1, 0.15) is 10.4 Å². The van der Waals surface area contributed by atoms with Gasteiger partial charge < -0.3 is 4.74 Å². The molecule has 0 aliphatic carbocycles. The molecule has 31 heavy (non-hydrogen) atoms. The van der Waals surface area contributed by atoms with Crippen molar-refractivity contribution in [2.45, 2.75) is 4.90 Å². The predicted molar refractivity (Wildman–Crippen MR) is 107 cm³/mol. The van der Waals surface area contributed by atoms with Crippen LogP contribution in [0.4, 0.5) is 14.6 Å². The molecule has 1 unspecified atom stereocenters. The molecule has 3 heterocycles. The van der Waals surface area contributed by atoms with Crippen LogP contribution in [0.15, 0.2) is 46.5 Å². The summed E-state index contributed by atoms with van der Waals surface area (Å²) >= 11 is 0. The van der Waals surface area contributed by atoms with E-state index in [-0.39, 0.29) is 17.2 Å². The van der Waals surface area contributed by atoms with E-state index in [4.69, 9.17) is 4.74 Å². The van der Waals surface area contributed by atoms with Gasteiger partial charge in [0.05, 0.1) is 31.3 Å². The molecular weight excluding hydrogens is 428 g/mol. The first-order valence-electron chi connectivity index (χ1n) is 8.96. The number of sulfonamides is 1. The van der Waals surface area contributed by atoms with E-state index < -0.39 is 32.4 Å². The average Bonchev–Trinajstić information content (AvgIpc) is 3.22. The minimum Gasteiger partial charge on any atom is -0.494 e. The van der Waals surface area contributed by atoms with Gasteiger partial charge in [-0.15, -0.1) is 0 Å². The van der Waals surface area contributed by atoms with E-state index in [0.717, 1.165) is 11.3 Å². The van der Waals surface area contributed by atoms with Gasteiger partial charge in [-0.1, -0.05) is 24.0 Å². The molecule has 1 aliphatic heterocycles. The van der Waals surface area contributed by atoms with Crippen LogP contribution in [-0.4, -0.2) is 37.3 Å². The summed E-state index contributed by atoms with van der Waals surface area (Å²) in [5, 5.41) is 7.44. The fraction of sp³-hybridized carbons (Fsp3) is 0.150. The Kier molecular flexibility index (Phi) is 5.39. The van der Waals surface area contributed by atoms with Crippen LogP contribution in [-0.2, 0) is 10.0 Å². The summed E-state index contributed by atoms with van der Waals surface area (Å²) < 4.78 is 61.1. The van der Waals surface area contributed by atoms with Gasteiger partial charge in [0, 0.05) is 11.4 Å². The maximum absolute atomic E-state index is 14.8. The molecule has 2 N–H and O–H groups in total. The zero-order chi connectivity index (χ0) is 22.0. The van der Waals surface area contributed by atoms with Crippen molar-refractivity contribution in [2.24, 2.45) is 10.9 Å². The lowest BCUT2D eigenvalue weighted by Crippen LogP contribution is -2.29. The van der Waals surface area contributed by atoms with Gasteiger partial charge in [-0.2, -0.15) is 5.10 Å². The smallest absolute Gasteiger partial charge is 0.266 e. The Morgan fingerprint density at radius 2 is 2.10 bits per heavy atom. The molecule has 0 saturated heterocycles. The Balaban J connectivity index is 1.62. The third kappa shape index (κ3) is 4.10. The zero-order valence-corrected chi connectivity index (χ0v) is 16.9. The number of H-pyrrole nitrogens is 1. The molecule has 1 atom stereocenters. The number of methoxy groups -OCH3 is 1. The molecule has 8 nitrogen and oxygen atoms in total. The molecule has 0 spiro atoms. The Labute approximate surface area is 175 Å². The first-order chi connectivity index (χ1) is 14.9. The molecule has 158 valence electrons. The van der Waals surface area contributed by atoms with Crippen LogP contribution in [0.1, 0.15) is 5.56 Å². The second-order valence-electron chi connectivity index (χ2n) is 6.46. The fourth-order valence-electron chi connectivity index (χ4n) is 2.90. The summed E-state index contributed by atoms with van der Waals surface area (Å²) in [7, 11) is -3.26. The number of anilines is 1. The standard InChI is InChI=1S/C20H15F2N5O3S/c1-30-15-3-2-4-16(18(15)22)31(28,29)27-20-17(21)13(7-8-23-20)6-5-12-9-14-11-25-26-19(14)24-10-12/h2-4,7-9,11-12H,10H2,1H3,(H,23,27)(H,24,26). The van der Waals surface area contributed by atoms with E-state index in [1.807, 2.05) is 10.8 Å². The van der Waals surface area contributed by atoms with Crippen LogP contribution >= 0.6 is 0 Å². The quantitative estimate of drug-likeness (QED) is 0.584. The number of hydrogen-bond donors (Lipinski definition) is 2. The summed E-state index contributed by atoms with van der Waals surface area (Å²) in [6, 6.07) is 4.92. The normalized spacial score (nSPS) is 15.0. The molecule has 1 aliphatic rings. The van der Waals surface area contributed by atoms with Crippen molar-refractivity contribution in [1.82, 2.24) is 15.2 Å². The highest BCUT2D eigenvalue weighted by molar-refractivity contribution is 7.92. The third-order valence-electron chi connectivity index (χ3n) is 4.42. The average molecular weight is 443 g/mol. The Morgan fingerprint density at radius 1 is 1.26 bits per heavy atom. The lowest BCUT2D eigenvalue weighted by atomic mass is 10.1. The van der Waals surface area contributed by atoms with Crippen molar-refractivity contribution in [3.63, 3.8) is 0 Å². The van der Waals surface area contributed by atoms with Gasteiger partial charge in [-0.25, -0.2) is 22.2 Å². The first kappa shape index (κ1) is 20.5. The number of halogens is 2. The lowest BCUT2D eigenvalue weighted by Gasteiger charge is -2.11. The molecule has 0 bridgehead atoms. The second-order valence-corrected chi connectivity index (χ2v) is 8.11. The fourth-order valence-corrected chi connectivity index (χ4v) is 4.00. The van der Waals surface area contributed by atoms with Gasteiger partial charge in [0.15, 0.2) is 23.2 Å². The minimum atomic E-state index is -4.47. The maximum Gasteiger partial charge on any atom is 0.266 e. The van der Waals surface area contributed by atoms with Crippen LogP contribution in [0.5, 0.6) is 5.75 Å². The number of benzene rings is 1. The summed E-state index contributed by atoms with van der Waals surface area (Å²) in [4.78, 5) is 7.31. The van der Waals surface area contributed by atoms with E-state index in [9.17, 15) is 17.2 Å². The zero-order valence-electron chi connectivity index (χ0n) is 16.1. The molecule has 0 saturated carbocycles. The van der Waals surface area contributed by atoms with E-state index in [2.05, 4.69) is 32.0 Å². The highest BCUT2D eigenvalue weighted by atomic mass is 32.2. The van der Waals surface area contributed by atoms with Crippen LogP contribution in [0.25, 0.3) is 6.08 Å². The van der Waals surface area contributed by atoms with Crippen molar-refractivity contribution in [3.05, 3.63) is 64.6 Å². The van der Waals surface area contributed by atoms with E-state index in [0.29, 0.717) is 12.0 Å². The van der Waals surface area contributed by atoms with Crippen LogP contribution in [0.3, 0.4) is 0 Å².